The molecule has 0 amide bonds. The molecule has 1 unspecified atom stereocenters. The molecular weight excluding hydrogens is 239 g/mol. The van der Waals surface area contributed by atoms with Crippen LogP contribution in [0.2, 0.25) is 0 Å². The average molecular weight is 254 g/mol. The molecule has 0 aliphatic carbocycles. The number of hydrogen-bond donors (Lipinski definition) is 2. The van der Waals surface area contributed by atoms with Crippen LogP contribution in [0.1, 0.15) is 20.3 Å². The van der Waals surface area contributed by atoms with Gasteiger partial charge in [-0.15, -0.1) is 0 Å². The Bertz CT molecular complexity index is 114. The molecule has 0 saturated carbocycles. The Hall–Kier alpha value is 0.650. The molecule has 0 spiro atoms. The van der Waals surface area contributed by atoms with Crippen molar-refractivity contribution in [1.82, 2.24) is 10.6 Å². The largest absolute Gasteiger partial charge is 0.310 e. The Morgan fingerprint density at radius 1 is 1.40 bits per heavy atom. The summed E-state index contributed by atoms with van der Waals surface area (Å²) >= 11 is 2.46. The van der Waals surface area contributed by atoms with Crippen LogP contribution in [0.5, 0.6) is 0 Å². The second-order valence-electron chi connectivity index (χ2n) is 3.44. The molecule has 1 aliphatic rings. The highest BCUT2D eigenvalue weighted by Gasteiger charge is 2.23. The molecule has 1 aliphatic heterocycles. The van der Waals surface area contributed by atoms with E-state index in [0.29, 0.717) is 9.59 Å². The molecule has 0 radical (unpaired) electrons. The van der Waals surface area contributed by atoms with E-state index in [4.69, 9.17) is 0 Å². The summed E-state index contributed by atoms with van der Waals surface area (Å²) < 4.78 is 0.627. The first-order valence-electron chi connectivity index (χ1n) is 3.73. The van der Waals surface area contributed by atoms with E-state index in [2.05, 4.69) is 47.1 Å². The van der Waals surface area contributed by atoms with Gasteiger partial charge in [-0.25, -0.2) is 0 Å². The van der Waals surface area contributed by atoms with Gasteiger partial charge in [-0.3, -0.25) is 0 Å². The normalized spacial score (nSPS) is 33.3. The standard InChI is InChI=1S/C7H15IN2/c1-7(2)5-6(8)9-3-4-10-7/h6,9-10H,3-5H2,1-2H3. The van der Waals surface area contributed by atoms with E-state index >= 15 is 0 Å². The molecule has 1 rings (SSSR count). The highest BCUT2D eigenvalue weighted by molar-refractivity contribution is 14.1. The fourth-order valence-electron chi connectivity index (χ4n) is 1.22. The van der Waals surface area contributed by atoms with Gasteiger partial charge in [0.1, 0.15) is 0 Å². The topological polar surface area (TPSA) is 24.1 Å². The molecule has 60 valence electrons. The molecule has 0 bridgehead atoms. The number of halogens is 1. The number of alkyl halides is 1. The molecule has 1 saturated heterocycles. The van der Waals surface area contributed by atoms with Gasteiger partial charge in [-0.2, -0.15) is 0 Å². The van der Waals surface area contributed by atoms with Gasteiger partial charge < -0.3 is 10.6 Å². The lowest BCUT2D eigenvalue weighted by molar-refractivity contribution is 0.390. The van der Waals surface area contributed by atoms with E-state index in [9.17, 15) is 0 Å². The van der Waals surface area contributed by atoms with Gasteiger partial charge in [0.15, 0.2) is 0 Å². The summed E-state index contributed by atoms with van der Waals surface area (Å²) in [6.07, 6.45) is 1.20. The van der Waals surface area contributed by atoms with E-state index in [-0.39, 0.29) is 0 Å². The minimum Gasteiger partial charge on any atom is -0.310 e. The van der Waals surface area contributed by atoms with Gasteiger partial charge in [-0.1, -0.05) is 22.6 Å². The predicted molar refractivity (Wildman–Crippen MR) is 52.5 cm³/mol. The lowest BCUT2D eigenvalue weighted by atomic mass is 10.0. The third kappa shape index (κ3) is 2.72. The number of rotatable bonds is 0. The van der Waals surface area contributed by atoms with E-state index < -0.39 is 0 Å². The summed E-state index contributed by atoms with van der Waals surface area (Å²) in [5.74, 6) is 0. The van der Waals surface area contributed by atoms with Gasteiger partial charge in [0.25, 0.3) is 0 Å². The Balaban J connectivity index is 2.46. The van der Waals surface area contributed by atoms with Crippen LogP contribution in [-0.4, -0.2) is 22.7 Å². The van der Waals surface area contributed by atoms with Crippen LogP contribution in [-0.2, 0) is 0 Å². The second kappa shape index (κ2) is 3.36. The van der Waals surface area contributed by atoms with E-state index in [1.54, 1.807) is 0 Å². The van der Waals surface area contributed by atoms with Crippen molar-refractivity contribution in [1.29, 1.82) is 0 Å². The Kier molecular flexibility index (Phi) is 2.94. The average Bonchev–Trinajstić information content (AvgIpc) is 1.90. The fourth-order valence-corrected chi connectivity index (χ4v) is 2.63. The summed E-state index contributed by atoms with van der Waals surface area (Å²) in [5.41, 5.74) is 0.315. The van der Waals surface area contributed by atoms with Gasteiger partial charge >= 0.3 is 0 Å². The Morgan fingerprint density at radius 3 is 2.80 bits per heavy atom. The van der Waals surface area contributed by atoms with Crippen molar-refractivity contribution in [3.8, 4) is 0 Å². The minimum atomic E-state index is 0.315. The van der Waals surface area contributed by atoms with Crippen LogP contribution < -0.4 is 10.6 Å². The SMILES string of the molecule is CC1(C)CC(I)NCCN1. The molecule has 1 fully saturated rings. The molecular formula is C7H15IN2. The zero-order valence-electron chi connectivity index (χ0n) is 6.58. The molecule has 0 aromatic rings. The quantitative estimate of drug-likeness (QED) is 0.384. The van der Waals surface area contributed by atoms with Crippen molar-refractivity contribution < 1.29 is 0 Å². The van der Waals surface area contributed by atoms with Crippen molar-refractivity contribution in [3.05, 3.63) is 0 Å². The maximum Gasteiger partial charge on any atom is 0.0611 e. The summed E-state index contributed by atoms with van der Waals surface area (Å²) in [5, 5.41) is 6.91. The van der Waals surface area contributed by atoms with E-state index in [1.165, 1.54) is 6.42 Å². The monoisotopic (exact) mass is 254 g/mol. The molecule has 0 aromatic heterocycles. The van der Waals surface area contributed by atoms with Crippen molar-refractivity contribution in [2.24, 2.45) is 0 Å². The van der Waals surface area contributed by atoms with Crippen molar-refractivity contribution >= 4 is 22.6 Å². The van der Waals surface area contributed by atoms with Gasteiger partial charge in [0.05, 0.1) is 4.05 Å². The van der Waals surface area contributed by atoms with Crippen molar-refractivity contribution in [3.63, 3.8) is 0 Å². The molecule has 2 N–H and O–H groups in total. The Labute approximate surface area is 76.3 Å². The smallest absolute Gasteiger partial charge is 0.0611 e. The Morgan fingerprint density at radius 2 is 2.10 bits per heavy atom. The molecule has 10 heavy (non-hydrogen) atoms. The summed E-state index contributed by atoms with van der Waals surface area (Å²) in [6.45, 7) is 6.70. The fraction of sp³-hybridized carbons (Fsp3) is 1.00. The molecule has 1 atom stereocenters. The first kappa shape index (κ1) is 8.74. The third-order valence-electron chi connectivity index (χ3n) is 1.78. The van der Waals surface area contributed by atoms with Crippen LogP contribution in [0.15, 0.2) is 0 Å². The maximum absolute atomic E-state index is 3.48. The van der Waals surface area contributed by atoms with Crippen LogP contribution in [0, 0.1) is 0 Å². The van der Waals surface area contributed by atoms with Crippen molar-refractivity contribution in [2.75, 3.05) is 13.1 Å². The number of nitrogens with one attached hydrogen (secondary N) is 2. The number of hydrogen-bond acceptors (Lipinski definition) is 2. The van der Waals surface area contributed by atoms with E-state index in [0.717, 1.165) is 13.1 Å². The molecule has 1 heterocycles. The molecule has 3 heteroatoms. The third-order valence-corrected chi connectivity index (χ3v) is 2.66. The maximum atomic E-state index is 3.48. The van der Waals surface area contributed by atoms with Crippen LogP contribution in [0.3, 0.4) is 0 Å². The first-order chi connectivity index (χ1) is 4.60. The summed E-state index contributed by atoms with van der Waals surface area (Å²) in [7, 11) is 0. The predicted octanol–water partition coefficient (Wildman–Crippen LogP) is 1.11. The summed E-state index contributed by atoms with van der Waals surface area (Å²) in [4.78, 5) is 0. The zero-order chi connectivity index (χ0) is 7.61. The highest BCUT2D eigenvalue weighted by Crippen LogP contribution is 2.16. The van der Waals surface area contributed by atoms with Crippen LogP contribution >= 0.6 is 22.6 Å². The lowest BCUT2D eigenvalue weighted by Gasteiger charge is -2.24. The van der Waals surface area contributed by atoms with Gasteiger partial charge in [-0.05, 0) is 20.3 Å². The first-order valence-corrected chi connectivity index (χ1v) is 4.97. The van der Waals surface area contributed by atoms with Gasteiger partial charge in [0, 0.05) is 18.6 Å². The second-order valence-corrected chi connectivity index (χ2v) is 4.94. The van der Waals surface area contributed by atoms with Crippen LogP contribution in [0.4, 0.5) is 0 Å². The lowest BCUT2D eigenvalue weighted by Crippen LogP contribution is -2.39. The van der Waals surface area contributed by atoms with Crippen molar-refractivity contribution in [2.45, 2.75) is 29.9 Å². The van der Waals surface area contributed by atoms with Gasteiger partial charge in [0.2, 0.25) is 0 Å². The molecule has 0 aromatic carbocycles. The zero-order valence-corrected chi connectivity index (χ0v) is 8.73. The molecule has 2 nitrogen and oxygen atoms in total. The minimum absolute atomic E-state index is 0.315. The summed E-state index contributed by atoms with van der Waals surface area (Å²) in [6, 6.07) is 0. The van der Waals surface area contributed by atoms with Crippen LogP contribution in [0.25, 0.3) is 0 Å². The van der Waals surface area contributed by atoms with E-state index in [1.807, 2.05) is 0 Å². The highest BCUT2D eigenvalue weighted by atomic mass is 127.